The minimum absolute atomic E-state index is 0.108. The Kier molecular flexibility index (Phi) is 10.1. The third-order valence-corrected chi connectivity index (χ3v) is 9.65. The molecule has 2 aliphatic rings. The molecule has 0 bridgehead atoms. The molecular formula is C34H37ClN6O4S. The summed E-state index contributed by atoms with van der Waals surface area (Å²) in [5, 5.41) is 15.4. The Morgan fingerprint density at radius 1 is 0.826 bits per heavy atom. The first-order chi connectivity index (χ1) is 22.4. The fourth-order valence-electron chi connectivity index (χ4n) is 5.83. The Bertz CT molecular complexity index is 1730. The Hall–Kier alpha value is -4.03. The van der Waals surface area contributed by atoms with Crippen molar-refractivity contribution in [3.63, 3.8) is 0 Å². The van der Waals surface area contributed by atoms with E-state index in [2.05, 4.69) is 32.7 Å². The second-order valence-electron chi connectivity index (χ2n) is 11.5. The second kappa shape index (κ2) is 14.6. The van der Waals surface area contributed by atoms with Gasteiger partial charge in [0.05, 0.1) is 30.6 Å². The zero-order valence-corrected chi connectivity index (χ0v) is 27.4. The molecule has 240 valence electrons. The lowest BCUT2D eigenvalue weighted by Crippen LogP contribution is -2.35. The molecule has 0 radical (unpaired) electrons. The van der Waals surface area contributed by atoms with Crippen molar-refractivity contribution in [3.05, 3.63) is 70.1 Å². The molecule has 6 rings (SSSR count). The summed E-state index contributed by atoms with van der Waals surface area (Å²) in [6, 6.07) is 16.3. The Morgan fingerprint density at radius 2 is 1.39 bits per heavy atom. The van der Waals surface area contributed by atoms with Crippen molar-refractivity contribution < 1.29 is 19.1 Å². The molecule has 2 fully saturated rings. The Labute approximate surface area is 277 Å². The highest BCUT2D eigenvalue weighted by molar-refractivity contribution is 7.14. The van der Waals surface area contributed by atoms with Crippen LogP contribution in [0.25, 0.3) is 33.0 Å². The highest BCUT2D eigenvalue weighted by Crippen LogP contribution is 2.40. The number of nitrogens with one attached hydrogen (secondary N) is 4. The van der Waals surface area contributed by atoms with Crippen molar-refractivity contribution in [1.82, 2.24) is 31.2 Å². The van der Waals surface area contributed by atoms with Gasteiger partial charge in [-0.15, -0.1) is 11.3 Å². The minimum atomic E-state index is 0.108. The van der Waals surface area contributed by atoms with Gasteiger partial charge >= 0.3 is 0 Å². The Morgan fingerprint density at radius 3 is 1.96 bits per heavy atom. The number of nitrogens with zero attached hydrogens (tertiary/aromatic N) is 2. The average molecular weight is 661 g/mol. The van der Waals surface area contributed by atoms with Gasteiger partial charge < -0.3 is 30.7 Å². The standard InChI is InChI=1S/C34H37ClN6O4S/c1-44-33-20(15-36-17-23-8-12-30(42)38-23)6-10-27(40-33)22-14-29(46-19-22)26-5-3-4-25(32(26)35)28-11-7-21(34(41-28)45-2)16-37-18-24-9-13-31(43)39-24/h3-7,10-11,14,19,23-24,36-37H,8-9,12-13,15-18H2,1-2H3,(H,38,42)(H,39,43). The average Bonchev–Trinajstić information content (AvgIpc) is 3.83. The summed E-state index contributed by atoms with van der Waals surface area (Å²) >= 11 is 8.62. The van der Waals surface area contributed by atoms with Crippen molar-refractivity contribution >= 4 is 34.8 Å². The molecule has 46 heavy (non-hydrogen) atoms. The molecule has 4 aromatic rings. The van der Waals surface area contributed by atoms with Crippen molar-refractivity contribution in [1.29, 1.82) is 0 Å². The molecule has 1 aromatic carbocycles. The van der Waals surface area contributed by atoms with Crippen LogP contribution in [0.15, 0.2) is 53.9 Å². The number of ether oxygens (including phenoxy) is 2. The van der Waals surface area contributed by atoms with E-state index in [1.54, 1.807) is 25.6 Å². The first-order valence-electron chi connectivity index (χ1n) is 15.4. The molecule has 2 saturated heterocycles. The van der Waals surface area contributed by atoms with E-state index in [1.807, 2.05) is 42.5 Å². The van der Waals surface area contributed by atoms with Crippen molar-refractivity contribution in [2.45, 2.75) is 50.9 Å². The molecule has 0 saturated carbocycles. The summed E-state index contributed by atoms with van der Waals surface area (Å²) in [7, 11) is 3.24. The lowest BCUT2D eigenvalue weighted by molar-refractivity contribution is -0.120. The fraction of sp³-hybridized carbons (Fsp3) is 0.353. The third kappa shape index (κ3) is 7.33. The van der Waals surface area contributed by atoms with Crippen molar-refractivity contribution in [3.8, 4) is 44.7 Å². The predicted molar refractivity (Wildman–Crippen MR) is 180 cm³/mol. The van der Waals surface area contributed by atoms with Gasteiger partial charge in [-0.05, 0) is 31.0 Å². The molecule has 2 atom stereocenters. The lowest BCUT2D eigenvalue weighted by Gasteiger charge is -2.14. The first kappa shape index (κ1) is 31.9. The quantitative estimate of drug-likeness (QED) is 0.159. The molecule has 2 amide bonds. The smallest absolute Gasteiger partial charge is 0.220 e. The molecule has 5 heterocycles. The van der Waals surface area contributed by atoms with Gasteiger partial charge in [-0.25, -0.2) is 9.97 Å². The van der Waals surface area contributed by atoms with Gasteiger partial charge in [-0.2, -0.15) is 0 Å². The number of amides is 2. The molecule has 0 spiro atoms. The number of pyridine rings is 2. The maximum Gasteiger partial charge on any atom is 0.220 e. The van der Waals surface area contributed by atoms with E-state index in [4.69, 9.17) is 31.0 Å². The SMILES string of the molecule is COc1nc(-c2csc(-c3cccc(-c4ccc(CNCC5CCC(=O)N5)c(OC)n4)c3Cl)c2)ccc1CNCC1CCC(=O)N1. The van der Waals surface area contributed by atoms with Crippen LogP contribution in [0, 0.1) is 0 Å². The van der Waals surface area contributed by atoms with Gasteiger partial charge in [0.25, 0.3) is 0 Å². The molecule has 2 aliphatic heterocycles. The molecule has 10 nitrogen and oxygen atoms in total. The van der Waals surface area contributed by atoms with Gasteiger partial charge in [0, 0.05) is 89.2 Å². The minimum Gasteiger partial charge on any atom is -0.481 e. The van der Waals surface area contributed by atoms with Gasteiger partial charge in [0.15, 0.2) is 0 Å². The molecule has 12 heteroatoms. The van der Waals surface area contributed by atoms with E-state index in [1.165, 1.54) is 0 Å². The van der Waals surface area contributed by atoms with Crippen LogP contribution >= 0.6 is 22.9 Å². The van der Waals surface area contributed by atoms with Crippen LogP contribution in [0.5, 0.6) is 11.8 Å². The summed E-state index contributed by atoms with van der Waals surface area (Å²) < 4.78 is 11.3. The van der Waals surface area contributed by atoms with E-state index in [0.717, 1.165) is 56.9 Å². The first-order valence-corrected chi connectivity index (χ1v) is 16.6. The largest absolute Gasteiger partial charge is 0.481 e. The third-order valence-electron chi connectivity index (χ3n) is 8.28. The maximum atomic E-state index is 11.5. The topological polar surface area (TPSA) is 126 Å². The molecule has 0 aliphatic carbocycles. The van der Waals surface area contributed by atoms with E-state index >= 15 is 0 Å². The van der Waals surface area contributed by atoms with E-state index in [0.29, 0.717) is 55.8 Å². The number of carbonyl (C=O) groups is 2. The zero-order valence-electron chi connectivity index (χ0n) is 25.8. The van der Waals surface area contributed by atoms with Gasteiger partial charge in [-0.3, -0.25) is 9.59 Å². The number of carbonyl (C=O) groups excluding carboxylic acids is 2. The predicted octanol–water partition coefficient (Wildman–Crippen LogP) is 4.95. The Balaban J connectivity index is 1.14. The molecule has 2 unspecified atom stereocenters. The summed E-state index contributed by atoms with van der Waals surface area (Å²) in [6.07, 6.45) is 2.87. The van der Waals surface area contributed by atoms with Crippen LogP contribution in [-0.4, -0.2) is 61.2 Å². The molecular weight excluding hydrogens is 624 g/mol. The number of hydrogen-bond acceptors (Lipinski definition) is 9. The number of aromatic nitrogens is 2. The summed E-state index contributed by atoms with van der Waals surface area (Å²) in [5.41, 5.74) is 6.11. The highest BCUT2D eigenvalue weighted by Gasteiger charge is 2.22. The van der Waals surface area contributed by atoms with Gasteiger partial charge in [0.2, 0.25) is 23.6 Å². The molecule has 4 N–H and O–H groups in total. The maximum absolute atomic E-state index is 11.5. The zero-order chi connectivity index (χ0) is 32.0. The number of thiophene rings is 1. The van der Waals surface area contributed by atoms with E-state index in [-0.39, 0.29) is 23.9 Å². The number of benzene rings is 1. The summed E-state index contributed by atoms with van der Waals surface area (Å²) in [6.45, 7) is 2.57. The van der Waals surface area contributed by atoms with E-state index < -0.39 is 0 Å². The van der Waals surface area contributed by atoms with Crippen LogP contribution in [0.2, 0.25) is 5.02 Å². The van der Waals surface area contributed by atoms with Crippen LogP contribution in [-0.2, 0) is 22.7 Å². The monoisotopic (exact) mass is 660 g/mol. The number of rotatable bonds is 13. The van der Waals surface area contributed by atoms with Crippen LogP contribution < -0.4 is 30.7 Å². The van der Waals surface area contributed by atoms with Crippen LogP contribution in [0.3, 0.4) is 0 Å². The van der Waals surface area contributed by atoms with Crippen LogP contribution in [0.1, 0.15) is 36.8 Å². The van der Waals surface area contributed by atoms with E-state index in [9.17, 15) is 9.59 Å². The summed E-state index contributed by atoms with van der Waals surface area (Å²) in [4.78, 5) is 33.5. The number of hydrogen-bond donors (Lipinski definition) is 4. The summed E-state index contributed by atoms with van der Waals surface area (Å²) in [5.74, 6) is 1.32. The molecule has 3 aromatic heterocycles. The highest BCUT2D eigenvalue weighted by atomic mass is 35.5. The fourth-order valence-corrected chi connectivity index (χ4v) is 7.14. The van der Waals surface area contributed by atoms with Gasteiger partial charge in [-0.1, -0.05) is 41.9 Å². The van der Waals surface area contributed by atoms with Crippen molar-refractivity contribution in [2.24, 2.45) is 0 Å². The second-order valence-corrected chi connectivity index (χ2v) is 12.8. The van der Waals surface area contributed by atoms with Crippen LogP contribution in [0.4, 0.5) is 0 Å². The van der Waals surface area contributed by atoms with Crippen molar-refractivity contribution in [2.75, 3.05) is 27.3 Å². The number of methoxy groups -OCH3 is 2. The normalized spacial score (nSPS) is 17.6. The lowest BCUT2D eigenvalue weighted by atomic mass is 10.0. The number of halogens is 1. The van der Waals surface area contributed by atoms with Gasteiger partial charge in [0.1, 0.15) is 0 Å².